The lowest BCUT2D eigenvalue weighted by atomic mass is 9.98. The van der Waals surface area contributed by atoms with Crippen molar-refractivity contribution in [3.63, 3.8) is 0 Å². The molecule has 2 aliphatic rings. The smallest absolute Gasteiger partial charge is 0.300 e. The van der Waals surface area contributed by atoms with Crippen molar-refractivity contribution >= 4 is 34.5 Å². The van der Waals surface area contributed by atoms with Crippen molar-refractivity contribution in [2.24, 2.45) is 0 Å². The monoisotopic (exact) mass is 509 g/mol. The molecular weight excluding hydrogens is 486 g/mol. The zero-order valence-corrected chi connectivity index (χ0v) is 20.8. The van der Waals surface area contributed by atoms with E-state index in [1.54, 1.807) is 36.4 Å². The molecule has 184 valence electrons. The number of fused-ring (bicyclic) bond motifs is 1. The fraction of sp³-hybridized carbons (Fsp3) is 0.133. The predicted octanol–water partition coefficient (Wildman–Crippen LogP) is 6.41. The highest BCUT2D eigenvalue weighted by atomic mass is 32.1. The number of carbonyl (C=O) groups is 2. The summed E-state index contributed by atoms with van der Waals surface area (Å²) in [6.45, 7) is 2.58. The van der Waals surface area contributed by atoms with Gasteiger partial charge < -0.3 is 14.6 Å². The third-order valence-corrected chi connectivity index (χ3v) is 7.48. The zero-order valence-electron chi connectivity index (χ0n) is 20.0. The van der Waals surface area contributed by atoms with Crippen molar-refractivity contribution in [1.29, 1.82) is 0 Å². The average Bonchev–Trinajstić information content (AvgIpc) is 3.64. The van der Waals surface area contributed by atoms with Crippen molar-refractivity contribution in [2.75, 3.05) is 11.5 Å². The Hall–Kier alpha value is -4.36. The van der Waals surface area contributed by atoms with E-state index in [1.165, 1.54) is 16.2 Å². The van der Waals surface area contributed by atoms with E-state index >= 15 is 0 Å². The molecule has 1 saturated heterocycles. The van der Waals surface area contributed by atoms with Crippen LogP contribution in [-0.4, -0.2) is 23.4 Å². The Bertz CT molecular complexity index is 1540. The number of anilines is 1. The molecule has 0 radical (unpaired) electrons. The van der Waals surface area contributed by atoms with Gasteiger partial charge >= 0.3 is 0 Å². The predicted molar refractivity (Wildman–Crippen MR) is 142 cm³/mol. The van der Waals surface area contributed by atoms with Crippen LogP contribution in [0.4, 0.5) is 5.69 Å². The third kappa shape index (κ3) is 4.17. The molecule has 1 amide bonds. The molecule has 0 spiro atoms. The summed E-state index contributed by atoms with van der Waals surface area (Å²) in [7, 11) is 0. The van der Waals surface area contributed by atoms with Crippen LogP contribution in [0.15, 0.2) is 89.8 Å². The number of hydrogen-bond donors (Lipinski definition) is 1. The highest BCUT2D eigenvalue weighted by Crippen LogP contribution is 2.44. The van der Waals surface area contributed by atoms with Crippen LogP contribution in [0.2, 0.25) is 0 Å². The molecule has 6 nitrogen and oxygen atoms in total. The summed E-state index contributed by atoms with van der Waals surface area (Å²) in [5.74, 6) is 0.517. The van der Waals surface area contributed by atoms with Crippen LogP contribution in [0.25, 0.3) is 5.76 Å². The van der Waals surface area contributed by atoms with Crippen LogP contribution in [0.3, 0.4) is 0 Å². The molecule has 4 aromatic rings. The first-order valence-corrected chi connectivity index (χ1v) is 12.8. The number of aliphatic hydroxyl groups is 1. The van der Waals surface area contributed by atoms with Gasteiger partial charge in [0.05, 0.1) is 12.2 Å². The standard InChI is InChI=1S/C30H23NO5S/c1-18-4-2-5-23(16-18)36-22-10-8-21(9-11-22)31-27(25-6-3-15-37-25)26(29(33)30(31)34)28(32)20-7-12-24-19(17-20)13-14-35-24/h2-12,15-17,27,32H,13-14H2,1H3/b28-26-. The van der Waals surface area contributed by atoms with E-state index < -0.39 is 17.7 Å². The minimum Gasteiger partial charge on any atom is -0.507 e. The van der Waals surface area contributed by atoms with Gasteiger partial charge in [-0.15, -0.1) is 11.3 Å². The van der Waals surface area contributed by atoms with Crippen molar-refractivity contribution in [3.05, 3.63) is 111 Å². The molecule has 1 fully saturated rings. The van der Waals surface area contributed by atoms with Gasteiger partial charge in [0.2, 0.25) is 0 Å². The summed E-state index contributed by atoms with van der Waals surface area (Å²) >= 11 is 1.43. The number of carbonyl (C=O) groups excluding carboxylic acids is 2. The van der Waals surface area contributed by atoms with Crippen LogP contribution in [0.1, 0.15) is 27.6 Å². The van der Waals surface area contributed by atoms with Gasteiger partial charge in [0, 0.05) is 22.5 Å². The van der Waals surface area contributed by atoms with Crippen molar-refractivity contribution < 1.29 is 24.2 Å². The van der Waals surface area contributed by atoms with Crippen molar-refractivity contribution in [3.8, 4) is 17.2 Å². The molecule has 6 rings (SSSR count). The van der Waals surface area contributed by atoms with Crippen LogP contribution in [0.5, 0.6) is 17.2 Å². The van der Waals surface area contributed by atoms with Gasteiger partial charge in [-0.1, -0.05) is 18.2 Å². The first-order valence-electron chi connectivity index (χ1n) is 11.9. The number of hydrogen-bond acceptors (Lipinski definition) is 6. The van der Waals surface area contributed by atoms with E-state index in [2.05, 4.69) is 0 Å². The lowest BCUT2D eigenvalue weighted by molar-refractivity contribution is -0.132. The van der Waals surface area contributed by atoms with Gasteiger partial charge in [-0.3, -0.25) is 14.5 Å². The molecule has 3 aromatic carbocycles. The number of aliphatic hydroxyl groups excluding tert-OH is 1. The molecule has 1 N–H and O–H groups in total. The van der Waals surface area contributed by atoms with E-state index in [0.29, 0.717) is 29.4 Å². The first-order chi connectivity index (χ1) is 18.0. The highest BCUT2D eigenvalue weighted by molar-refractivity contribution is 7.10. The number of ether oxygens (including phenoxy) is 2. The normalized spacial score (nSPS) is 18.1. The van der Waals surface area contributed by atoms with Gasteiger partial charge in [-0.2, -0.15) is 0 Å². The molecule has 2 aliphatic heterocycles. The second kappa shape index (κ2) is 9.26. The van der Waals surface area contributed by atoms with Gasteiger partial charge in [-0.25, -0.2) is 0 Å². The number of ketones is 1. The van der Waals surface area contributed by atoms with Crippen molar-refractivity contribution in [2.45, 2.75) is 19.4 Å². The quantitative estimate of drug-likeness (QED) is 0.191. The lowest BCUT2D eigenvalue weighted by Crippen LogP contribution is -2.29. The fourth-order valence-electron chi connectivity index (χ4n) is 4.79. The number of Topliss-reactive ketones (excluding diaryl/α,β-unsaturated/α-hetero) is 1. The van der Waals surface area contributed by atoms with Crippen molar-refractivity contribution in [1.82, 2.24) is 0 Å². The summed E-state index contributed by atoms with van der Waals surface area (Å²) in [6.07, 6.45) is 0.732. The highest BCUT2D eigenvalue weighted by Gasteiger charge is 2.47. The molecular formula is C30H23NO5S. The summed E-state index contributed by atoms with van der Waals surface area (Å²) < 4.78 is 11.5. The molecule has 7 heteroatoms. The Morgan fingerprint density at radius 1 is 1.00 bits per heavy atom. The van der Waals surface area contributed by atoms with Crippen LogP contribution in [-0.2, 0) is 16.0 Å². The summed E-state index contributed by atoms with van der Waals surface area (Å²) in [5, 5.41) is 13.2. The maximum absolute atomic E-state index is 13.3. The second-order valence-electron chi connectivity index (χ2n) is 9.02. The van der Waals surface area contributed by atoms with E-state index in [4.69, 9.17) is 9.47 Å². The van der Waals surface area contributed by atoms with Gasteiger partial charge in [0.25, 0.3) is 11.7 Å². The Kier molecular flexibility index (Phi) is 5.77. The number of nitrogens with zero attached hydrogens (tertiary/aromatic N) is 1. The molecule has 1 aromatic heterocycles. The largest absolute Gasteiger partial charge is 0.507 e. The van der Waals surface area contributed by atoms with Gasteiger partial charge in [0.15, 0.2) is 0 Å². The molecule has 1 unspecified atom stereocenters. The summed E-state index contributed by atoms with van der Waals surface area (Å²) in [4.78, 5) is 28.9. The van der Waals surface area contributed by atoms with E-state index in [9.17, 15) is 14.7 Å². The van der Waals surface area contributed by atoms with E-state index in [1.807, 2.05) is 54.8 Å². The van der Waals surface area contributed by atoms with Gasteiger partial charge in [-0.05, 0) is 84.1 Å². The maximum atomic E-state index is 13.3. The molecule has 37 heavy (non-hydrogen) atoms. The molecule has 0 aliphatic carbocycles. The lowest BCUT2D eigenvalue weighted by Gasteiger charge is -2.24. The summed E-state index contributed by atoms with van der Waals surface area (Å²) in [6, 6.07) is 23.1. The zero-order chi connectivity index (χ0) is 25.5. The Morgan fingerprint density at radius 3 is 2.59 bits per heavy atom. The minimum absolute atomic E-state index is 0.0754. The van der Waals surface area contributed by atoms with Crippen LogP contribution >= 0.6 is 11.3 Å². The average molecular weight is 510 g/mol. The number of thiophene rings is 1. The molecule has 1 atom stereocenters. The summed E-state index contributed by atoms with van der Waals surface area (Å²) in [5.41, 5.74) is 3.16. The number of benzene rings is 3. The first kappa shape index (κ1) is 23.1. The molecule has 3 heterocycles. The van der Waals surface area contributed by atoms with Crippen LogP contribution < -0.4 is 14.4 Å². The number of aryl methyl sites for hydroxylation is 1. The SMILES string of the molecule is Cc1cccc(Oc2ccc(N3C(=O)C(=O)/C(=C(\O)c4ccc5c(c4)CCO5)C3c3cccs3)cc2)c1. The van der Waals surface area contributed by atoms with E-state index in [-0.39, 0.29) is 11.3 Å². The Balaban J connectivity index is 1.39. The minimum atomic E-state index is -0.743. The topological polar surface area (TPSA) is 76.1 Å². The molecule has 0 saturated carbocycles. The second-order valence-corrected chi connectivity index (χ2v) is 10.00. The Morgan fingerprint density at radius 2 is 1.84 bits per heavy atom. The number of rotatable bonds is 5. The third-order valence-electron chi connectivity index (χ3n) is 6.56. The maximum Gasteiger partial charge on any atom is 0.300 e. The Labute approximate surface area is 218 Å². The fourth-order valence-corrected chi connectivity index (χ4v) is 5.62. The van der Waals surface area contributed by atoms with Gasteiger partial charge in [0.1, 0.15) is 29.0 Å². The van der Waals surface area contributed by atoms with E-state index in [0.717, 1.165) is 28.2 Å². The molecule has 0 bridgehead atoms. The number of amides is 1. The van der Waals surface area contributed by atoms with Crippen LogP contribution in [0, 0.1) is 6.92 Å².